The molecule has 3 rings (SSSR count). The summed E-state index contributed by atoms with van der Waals surface area (Å²) in [5.41, 5.74) is -0.622. The van der Waals surface area contributed by atoms with Crippen LogP contribution in [0.3, 0.4) is 0 Å². The fraction of sp³-hybridized carbons (Fsp3) is 0.130. The van der Waals surface area contributed by atoms with Crippen LogP contribution in [0.25, 0.3) is 0 Å². The minimum Gasteiger partial charge on any atom is -0.497 e. The topological polar surface area (TPSA) is 76.7 Å². The number of para-hydroxylation sites is 1. The Hall–Kier alpha value is -3.72. The SMILES string of the molecule is COc1ccc(NC(=O)COc2ccccc2C(=O)Nc2cc(C(F)(F)F)ccc2Cl)cc1. The smallest absolute Gasteiger partial charge is 0.416 e. The quantitative estimate of drug-likeness (QED) is 0.461. The van der Waals surface area contributed by atoms with E-state index in [1.807, 2.05) is 0 Å². The van der Waals surface area contributed by atoms with E-state index in [-0.39, 0.29) is 22.0 Å². The zero-order valence-corrected chi connectivity index (χ0v) is 18.0. The first-order valence-electron chi connectivity index (χ1n) is 9.51. The predicted molar refractivity (Wildman–Crippen MR) is 118 cm³/mol. The Balaban J connectivity index is 1.68. The molecule has 0 atom stereocenters. The minimum absolute atomic E-state index is 0.0169. The Morgan fingerprint density at radius 1 is 0.970 bits per heavy atom. The Kier molecular flexibility index (Phi) is 7.44. The van der Waals surface area contributed by atoms with Crippen LogP contribution in [0.5, 0.6) is 11.5 Å². The van der Waals surface area contributed by atoms with Gasteiger partial charge in [-0.15, -0.1) is 0 Å². The molecule has 2 N–H and O–H groups in total. The van der Waals surface area contributed by atoms with Gasteiger partial charge in [-0.3, -0.25) is 9.59 Å². The molecule has 0 saturated carbocycles. The maximum atomic E-state index is 13.0. The van der Waals surface area contributed by atoms with Crippen LogP contribution in [-0.2, 0) is 11.0 Å². The van der Waals surface area contributed by atoms with E-state index >= 15 is 0 Å². The summed E-state index contributed by atoms with van der Waals surface area (Å²) in [5.74, 6) is -0.522. The van der Waals surface area contributed by atoms with Gasteiger partial charge in [-0.1, -0.05) is 23.7 Å². The van der Waals surface area contributed by atoms with Gasteiger partial charge in [0.05, 0.1) is 28.9 Å². The average molecular weight is 479 g/mol. The minimum atomic E-state index is -4.59. The number of methoxy groups -OCH3 is 1. The van der Waals surface area contributed by atoms with Crippen molar-refractivity contribution in [3.05, 3.63) is 82.9 Å². The van der Waals surface area contributed by atoms with Gasteiger partial charge in [0.1, 0.15) is 11.5 Å². The van der Waals surface area contributed by atoms with Crippen LogP contribution in [0.1, 0.15) is 15.9 Å². The molecule has 33 heavy (non-hydrogen) atoms. The van der Waals surface area contributed by atoms with E-state index in [0.717, 1.165) is 18.2 Å². The second-order valence-electron chi connectivity index (χ2n) is 6.71. The molecule has 0 saturated heterocycles. The largest absolute Gasteiger partial charge is 0.497 e. The van der Waals surface area contributed by atoms with E-state index < -0.39 is 30.2 Å². The van der Waals surface area contributed by atoms with Gasteiger partial charge >= 0.3 is 6.18 Å². The third-order valence-corrected chi connectivity index (χ3v) is 4.74. The third-order valence-electron chi connectivity index (χ3n) is 4.41. The molecule has 0 spiro atoms. The molecule has 172 valence electrons. The van der Waals surface area contributed by atoms with Crippen LogP contribution in [-0.4, -0.2) is 25.5 Å². The van der Waals surface area contributed by atoms with Crippen molar-refractivity contribution in [3.8, 4) is 11.5 Å². The zero-order valence-electron chi connectivity index (χ0n) is 17.2. The first-order chi connectivity index (χ1) is 15.7. The first kappa shape index (κ1) is 23.9. The van der Waals surface area contributed by atoms with Crippen molar-refractivity contribution in [3.63, 3.8) is 0 Å². The summed E-state index contributed by atoms with van der Waals surface area (Å²) in [7, 11) is 1.52. The highest BCUT2D eigenvalue weighted by molar-refractivity contribution is 6.34. The molecule has 3 aromatic carbocycles. The van der Waals surface area contributed by atoms with Crippen molar-refractivity contribution in [1.29, 1.82) is 0 Å². The lowest BCUT2D eigenvalue weighted by Gasteiger charge is -2.14. The highest BCUT2D eigenvalue weighted by atomic mass is 35.5. The maximum Gasteiger partial charge on any atom is 0.416 e. The van der Waals surface area contributed by atoms with E-state index in [9.17, 15) is 22.8 Å². The van der Waals surface area contributed by atoms with Gasteiger partial charge in [0.2, 0.25) is 0 Å². The number of hydrogen-bond acceptors (Lipinski definition) is 4. The van der Waals surface area contributed by atoms with Crippen LogP contribution in [0.2, 0.25) is 5.02 Å². The number of rotatable bonds is 7. The highest BCUT2D eigenvalue weighted by Crippen LogP contribution is 2.34. The van der Waals surface area contributed by atoms with Crippen molar-refractivity contribution < 1.29 is 32.2 Å². The maximum absolute atomic E-state index is 13.0. The summed E-state index contributed by atoms with van der Waals surface area (Å²) >= 11 is 5.94. The van der Waals surface area contributed by atoms with Gasteiger partial charge in [-0.25, -0.2) is 0 Å². The number of amides is 2. The number of anilines is 2. The van der Waals surface area contributed by atoms with E-state index in [2.05, 4.69) is 10.6 Å². The number of carbonyl (C=O) groups is 2. The molecule has 0 unspecified atom stereocenters. The first-order valence-corrected chi connectivity index (χ1v) is 9.89. The molecule has 0 bridgehead atoms. The molecular formula is C23H18ClF3N2O4. The van der Waals surface area contributed by atoms with Gasteiger partial charge in [-0.05, 0) is 54.6 Å². The molecular weight excluding hydrogens is 461 g/mol. The Labute approximate surface area is 192 Å². The van der Waals surface area contributed by atoms with Gasteiger partial charge in [0.15, 0.2) is 6.61 Å². The molecule has 0 aliphatic carbocycles. The van der Waals surface area contributed by atoms with Crippen molar-refractivity contribution in [2.75, 3.05) is 24.4 Å². The fourth-order valence-electron chi connectivity index (χ4n) is 2.78. The molecule has 2 amide bonds. The lowest BCUT2D eigenvalue weighted by atomic mass is 10.1. The number of halogens is 4. The summed E-state index contributed by atoms with van der Waals surface area (Å²) < 4.78 is 49.4. The summed E-state index contributed by atoms with van der Waals surface area (Å²) in [6.45, 7) is -0.402. The summed E-state index contributed by atoms with van der Waals surface area (Å²) in [5, 5.41) is 4.93. The van der Waals surface area contributed by atoms with Crippen LogP contribution >= 0.6 is 11.6 Å². The zero-order chi connectivity index (χ0) is 24.0. The number of nitrogens with one attached hydrogen (secondary N) is 2. The number of ether oxygens (including phenoxy) is 2. The van der Waals surface area contributed by atoms with Gasteiger partial charge in [-0.2, -0.15) is 13.2 Å². The van der Waals surface area contributed by atoms with Crippen molar-refractivity contribution in [1.82, 2.24) is 0 Å². The average Bonchev–Trinajstić information content (AvgIpc) is 2.79. The molecule has 0 aromatic heterocycles. The predicted octanol–water partition coefficient (Wildman–Crippen LogP) is 5.64. The van der Waals surface area contributed by atoms with Gasteiger partial charge in [0, 0.05) is 5.69 Å². The molecule has 0 heterocycles. The van der Waals surface area contributed by atoms with Gasteiger partial charge in [0.25, 0.3) is 11.8 Å². The number of carbonyl (C=O) groups excluding carboxylic acids is 2. The van der Waals surface area contributed by atoms with Crippen LogP contribution in [0.15, 0.2) is 66.7 Å². The van der Waals surface area contributed by atoms with E-state index in [1.54, 1.807) is 36.4 Å². The van der Waals surface area contributed by atoms with E-state index in [4.69, 9.17) is 21.1 Å². The second-order valence-corrected chi connectivity index (χ2v) is 7.12. The van der Waals surface area contributed by atoms with Crippen LogP contribution < -0.4 is 20.1 Å². The van der Waals surface area contributed by atoms with Gasteiger partial charge < -0.3 is 20.1 Å². The standard InChI is InChI=1S/C23H18ClF3N2O4/c1-32-16-9-7-15(8-10-16)28-21(30)13-33-20-5-3-2-4-17(20)22(31)29-19-12-14(23(25,26)27)6-11-18(19)24/h2-12H,13H2,1H3,(H,28,30)(H,29,31). The lowest BCUT2D eigenvalue weighted by Crippen LogP contribution is -2.21. The Morgan fingerprint density at radius 3 is 2.33 bits per heavy atom. The third kappa shape index (κ3) is 6.39. The number of hydrogen-bond donors (Lipinski definition) is 2. The fourth-order valence-corrected chi connectivity index (χ4v) is 2.95. The van der Waals surface area contributed by atoms with Crippen molar-refractivity contribution >= 4 is 34.8 Å². The van der Waals surface area contributed by atoms with Crippen LogP contribution in [0.4, 0.5) is 24.5 Å². The van der Waals surface area contributed by atoms with Crippen LogP contribution in [0, 0.1) is 0 Å². The Morgan fingerprint density at radius 2 is 1.67 bits per heavy atom. The van der Waals surface area contributed by atoms with E-state index in [0.29, 0.717) is 11.4 Å². The molecule has 0 aliphatic rings. The molecule has 0 radical (unpaired) electrons. The second kappa shape index (κ2) is 10.3. The summed E-state index contributed by atoms with van der Waals surface area (Å²) in [6, 6.07) is 15.3. The molecule has 0 aliphatic heterocycles. The highest BCUT2D eigenvalue weighted by Gasteiger charge is 2.31. The van der Waals surface area contributed by atoms with Crippen molar-refractivity contribution in [2.45, 2.75) is 6.18 Å². The summed E-state index contributed by atoms with van der Waals surface area (Å²) in [4.78, 5) is 24.9. The van der Waals surface area contributed by atoms with E-state index in [1.165, 1.54) is 19.2 Å². The monoisotopic (exact) mass is 478 g/mol. The normalized spacial score (nSPS) is 10.9. The molecule has 10 heteroatoms. The Bertz CT molecular complexity index is 1150. The van der Waals surface area contributed by atoms with Crippen molar-refractivity contribution in [2.24, 2.45) is 0 Å². The number of alkyl halides is 3. The molecule has 6 nitrogen and oxygen atoms in total. The summed E-state index contributed by atoms with van der Waals surface area (Å²) in [6.07, 6.45) is -4.59. The number of benzene rings is 3. The molecule has 3 aromatic rings. The molecule has 0 fully saturated rings. The lowest BCUT2D eigenvalue weighted by molar-refractivity contribution is -0.137.